The number of thiol groups is 1. The maximum atomic E-state index is 12.7. The molecule has 0 aromatic heterocycles. The first-order valence-electron chi connectivity index (χ1n) is 9.48. The van der Waals surface area contributed by atoms with E-state index in [0.29, 0.717) is 6.54 Å². The second-order valence-corrected chi connectivity index (χ2v) is 7.80. The minimum absolute atomic E-state index is 0.00801. The summed E-state index contributed by atoms with van der Waals surface area (Å²) in [4.78, 5) is 26.8. The van der Waals surface area contributed by atoms with E-state index < -0.39 is 12.1 Å². The maximum Gasteiger partial charge on any atom is 0.410 e. The molecular formula is C20H27NO5S. The fourth-order valence-electron chi connectivity index (χ4n) is 4.22. The summed E-state index contributed by atoms with van der Waals surface area (Å²) < 4.78 is 16.6. The van der Waals surface area contributed by atoms with Crippen molar-refractivity contribution in [2.24, 2.45) is 11.8 Å². The Hall–Kier alpha value is -1.73. The molecule has 1 amide bonds. The van der Waals surface area contributed by atoms with Gasteiger partial charge in [-0.05, 0) is 38.2 Å². The lowest BCUT2D eigenvalue weighted by atomic mass is 9.93. The second kappa shape index (κ2) is 8.97. The average Bonchev–Trinajstić information content (AvgIpc) is 3.20. The summed E-state index contributed by atoms with van der Waals surface area (Å²) in [6.07, 6.45) is 1.19. The Kier molecular flexibility index (Phi) is 6.65. The summed E-state index contributed by atoms with van der Waals surface area (Å²) in [5, 5.41) is 0. The van der Waals surface area contributed by atoms with E-state index in [1.54, 1.807) is 6.92 Å². The number of hydrogen-bond acceptors (Lipinski definition) is 6. The predicted molar refractivity (Wildman–Crippen MR) is 103 cm³/mol. The lowest BCUT2D eigenvalue weighted by molar-refractivity contribution is -0.149. The van der Waals surface area contributed by atoms with Crippen molar-refractivity contribution in [2.45, 2.75) is 50.9 Å². The molecule has 1 saturated heterocycles. The minimum atomic E-state index is -0.609. The number of likely N-dealkylation sites (tertiary alicyclic amines) is 1. The van der Waals surface area contributed by atoms with Gasteiger partial charge >= 0.3 is 12.1 Å². The van der Waals surface area contributed by atoms with Crippen LogP contribution in [-0.4, -0.2) is 47.7 Å². The molecule has 6 nitrogen and oxygen atoms in total. The SMILES string of the molecule is CCOC(=O)C1[C@H]2CCC(OC(C)S)[C@H]2CN1C(=O)OCc1ccccc1. The monoisotopic (exact) mass is 393 g/mol. The molecule has 1 aliphatic carbocycles. The Bertz CT molecular complexity index is 653. The van der Waals surface area contributed by atoms with Crippen LogP contribution in [0.15, 0.2) is 30.3 Å². The van der Waals surface area contributed by atoms with E-state index in [1.807, 2.05) is 37.3 Å². The summed E-state index contributed by atoms with van der Waals surface area (Å²) in [7, 11) is 0. The van der Waals surface area contributed by atoms with E-state index in [0.717, 1.165) is 18.4 Å². The summed E-state index contributed by atoms with van der Waals surface area (Å²) in [5.41, 5.74) is 0.719. The van der Waals surface area contributed by atoms with Crippen LogP contribution in [0.25, 0.3) is 0 Å². The number of rotatable bonds is 6. The number of hydrogen-bond donors (Lipinski definition) is 1. The van der Waals surface area contributed by atoms with Crippen molar-refractivity contribution in [1.29, 1.82) is 0 Å². The van der Waals surface area contributed by atoms with Gasteiger partial charge in [0.2, 0.25) is 0 Å². The highest BCUT2D eigenvalue weighted by atomic mass is 32.1. The summed E-state index contributed by atoms with van der Waals surface area (Å²) in [6.45, 7) is 4.54. The van der Waals surface area contributed by atoms with Crippen LogP contribution in [0.4, 0.5) is 4.79 Å². The molecule has 7 heteroatoms. The third-order valence-electron chi connectivity index (χ3n) is 5.30. The third kappa shape index (κ3) is 4.58. The molecule has 1 aromatic rings. The molecule has 27 heavy (non-hydrogen) atoms. The van der Waals surface area contributed by atoms with Crippen molar-refractivity contribution in [1.82, 2.24) is 4.90 Å². The Morgan fingerprint density at radius 2 is 1.93 bits per heavy atom. The van der Waals surface area contributed by atoms with Gasteiger partial charge in [0.25, 0.3) is 0 Å². The van der Waals surface area contributed by atoms with Crippen LogP contribution in [0.2, 0.25) is 0 Å². The van der Waals surface area contributed by atoms with E-state index in [9.17, 15) is 9.59 Å². The van der Waals surface area contributed by atoms with Gasteiger partial charge in [-0.25, -0.2) is 9.59 Å². The molecule has 3 rings (SSSR count). The van der Waals surface area contributed by atoms with E-state index in [4.69, 9.17) is 14.2 Å². The zero-order valence-electron chi connectivity index (χ0n) is 15.7. The van der Waals surface area contributed by atoms with Crippen molar-refractivity contribution < 1.29 is 23.8 Å². The van der Waals surface area contributed by atoms with Crippen LogP contribution in [0.3, 0.4) is 0 Å². The normalized spacial score (nSPS) is 27.9. The fraction of sp³-hybridized carbons (Fsp3) is 0.600. The molecule has 0 bridgehead atoms. The summed E-state index contributed by atoms with van der Waals surface area (Å²) in [6, 6.07) is 8.88. The molecule has 148 valence electrons. The van der Waals surface area contributed by atoms with E-state index in [1.165, 1.54) is 4.90 Å². The minimum Gasteiger partial charge on any atom is -0.464 e. The molecule has 5 atom stereocenters. The highest BCUT2D eigenvalue weighted by Crippen LogP contribution is 2.44. The molecule has 2 aliphatic rings. The van der Waals surface area contributed by atoms with Gasteiger partial charge in [0.05, 0.1) is 18.1 Å². The first kappa shape index (κ1) is 20.0. The Labute approximate surface area is 165 Å². The smallest absolute Gasteiger partial charge is 0.410 e. The first-order valence-corrected chi connectivity index (χ1v) is 10.00. The summed E-state index contributed by atoms with van der Waals surface area (Å²) >= 11 is 4.32. The van der Waals surface area contributed by atoms with Gasteiger partial charge in [-0.3, -0.25) is 4.90 Å². The molecule has 0 spiro atoms. The lowest BCUT2D eigenvalue weighted by Gasteiger charge is -2.25. The van der Waals surface area contributed by atoms with Gasteiger partial charge in [-0.1, -0.05) is 30.3 Å². The van der Waals surface area contributed by atoms with Crippen LogP contribution >= 0.6 is 12.6 Å². The highest BCUT2D eigenvalue weighted by molar-refractivity contribution is 7.80. The zero-order valence-corrected chi connectivity index (χ0v) is 16.6. The number of nitrogens with zero attached hydrogens (tertiary/aromatic N) is 1. The van der Waals surface area contributed by atoms with Crippen molar-refractivity contribution in [3.05, 3.63) is 35.9 Å². The number of benzene rings is 1. The number of carbonyl (C=O) groups is 2. The van der Waals surface area contributed by atoms with E-state index >= 15 is 0 Å². The quantitative estimate of drug-likeness (QED) is 0.457. The second-order valence-electron chi connectivity index (χ2n) is 7.07. The van der Waals surface area contributed by atoms with Crippen LogP contribution in [0, 0.1) is 11.8 Å². The van der Waals surface area contributed by atoms with Crippen molar-refractivity contribution in [3.8, 4) is 0 Å². The van der Waals surface area contributed by atoms with E-state index in [2.05, 4.69) is 12.6 Å². The van der Waals surface area contributed by atoms with Gasteiger partial charge in [0, 0.05) is 12.5 Å². The van der Waals surface area contributed by atoms with Gasteiger partial charge in [-0.15, -0.1) is 12.6 Å². The Morgan fingerprint density at radius 1 is 1.19 bits per heavy atom. The molecule has 0 radical (unpaired) electrons. The van der Waals surface area contributed by atoms with Gasteiger partial charge in [0.1, 0.15) is 12.6 Å². The van der Waals surface area contributed by atoms with E-state index in [-0.39, 0.29) is 42.6 Å². The van der Waals surface area contributed by atoms with Gasteiger partial charge < -0.3 is 14.2 Å². The molecule has 0 N–H and O–H groups in total. The molecule has 1 saturated carbocycles. The molecule has 2 fully saturated rings. The number of amides is 1. The number of carbonyl (C=O) groups excluding carboxylic acids is 2. The van der Waals surface area contributed by atoms with Crippen molar-refractivity contribution in [2.75, 3.05) is 13.2 Å². The number of esters is 1. The van der Waals surface area contributed by atoms with Crippen molar-refractivity contribution >= 4 is 24.7 Å². The van der Waals surface area contributed by atoms with Crippen molar-refractivity contribution in [3.63, 3.8) is 0 Å². The van der Waals surface area contributed by atoms with Crippen LogP contribution in [0.1, 0.15) is 32.3 Å². The fourth-order valence-corrected chi connectivity index (χ4v) is 4.38. The Morgan fingerprint density at radius 3 is 2.59 bits per heavy atom. The maximum absolute atomic E-state index is 12.7. The van der Waals surface area contributed by atoms with Crippen LogP contribution in [0.5, 0.6) is 0 Å². The molecule has 1 aromatic carbocycles. The highest BCUT2D eigenvalue weighted by Gasteiger charge is 2.54. The molecule has 3 unspecified atom stereocenters. The number of ether oxygens (including phenoxy) is 3. The van der Waals surface area contributed by atoms with Crippen LogP contribution in [-0.2, 0) is 25.6 Å². The number of fused-ring (bicyclic) bond motifs is 1. The molecule has 1 aliphatic heterocycles. The topological polar surface area (TPSA) is 65.1 Å². The average molecular weight is 394 g/mol. The first-order chi connectivity index (χ1) is 13.0. The summed E-state index contributed by atoms with van der Waals surface area (Å²) in [5.74, 6) is -0.232. The standard InChI is InChI=1S/C20H27NO5S/c1-3-24-19(22)18-15-9-10-17(26-13(2)27)16(15)11-21(18)20(23)25-12-14-7-5-4-6-8-14/h4-8,13,15-18,27H,3,9-12H2,1-2H3/t13?,15-,16-,17?,18?/m0/s1. The van der Waals surface area contributed by atoms with Gasteiger partial charge in [0.15, 0.2) is 0 Å². The largest absolute Gasteiger partial charge is 0.464 e. The zero-order chi connectivity index (χ0) is 19.4. The molecule has 1 heterocycles. The molecular weight excluding hydrogens is 366 g/mol. The van der Waals surface area contributed by atoms with Crippen LogP contribution < -0.4 is 0 Å². The third-order valence-corrected chi connectivity index (χ3v) is 5.42. The lowest BCUT2D eigenvalue weighted by Crippen LogP contribution is -2.44. The Balaban J connectivity index is 1.71. The van der Waals surface area contributed by atoms with Gasteiger partial charge in [-0.2, -0.15) is 0 Å². The predicted octanol–water partition coefficient (Wildman–Crippen LogP) is 3.26.